The summed E-state index contributed by atoms with van der Waals surface area (Å²) in [7, 11) is 1.21. The Balaban J connectivity index is 2.37. The third-order valence-corrected chi connectivity index (χ3v) is 3.48. The van der Waals surface area contributed by atoms with Gasteiger partial charge >= 0.3 is 5.97 Å². The summed E-state index contributed by atoms with van der Waals surface area (Å²) in [5.74, 6) is -1.10. The van der Waals surface area contributed by atoms with E-state index >= 15 is 0 Å². The van der Waals surface area contributed by atoms with Crippen molar-refractivity contribution < 1.29 is 19.4 Å². The number of hydrogen-bond donors (Lipinski definition) is 2. The van der Waals surface area contributed by atoms with E-state index in [9.17, 15) is 9.59 Å². The Morgan fingerprint density at radius 2 is 2.08 bits per heavy atom. The van der Waals surface area contributed by atoms with Crippen molar-refractivity contribution in [1.29, 1.82) is 10.5 Å². The number of hydrogen-bond acceptors (Lipinski definition) is 7. The molecule has 0 fully saturated rings. The molecule has 0 saturated carbocycles. The van der Waals surface area contributed by atoms with Gasteiger partial charge in [-0.2, -0.15) is 10.5 Å². The summed E-state index contributed by atoms with van der Waals surface area (Å²) in [5.41, 5.74) is 0.925. The van der Waals surface area contributed by atoms with E-state index in [2.05, 4.69) is 10.1 Å². The van der Waals surface area contributed by atoms with Crippen molar-refractivity contribution in [3.63, 3.8) is 0 Å². The van der Waals surface area contributed by atoms with Crippen molar-refractivity contribution in [1.82, 2.24) is 4.90 Å². The van der Waals surface area contributed by atoms with Gasteiger partial charge in [-0.25, -0.2) is 4.79 Å². The van der Waals surface area contributed by atoms with Gasteiger partial charge in [-0.05, 0) is 18.2 Å². The molecule has 1 aromatic carbocycles. The smallest absolute Gasteiger partial charge is 0.337 e. The monoisotopic (exact) mass is 326 g/mol. The molecule has 1 heterocycles. The third-order valence-electron chi connectivity index (χ3n) is 3.48. The Kier molecular flexibility index (Phi) is 5.15. The molecule has 24 heavy (non-hydrogen) atoms. The number of esters is 1. The van der Waals surface area contributed by atoms with Crippen LogP contribution in [0.3, 0.4) is 0 Å². The highest BCUT2D eigenvalue weighted by molar-refractivity contribution is 6.08. The number of nitrogens with one attached hydrogen (secondary N) is 1. The average molecular weight is 326 g/mol. The van der Waals surface area contributed by atoms with E-state index in [0.717, 1.165) is 0 Å². The van der Waals surface area contributed by atoms with Crippen molar-refractivity contribution in [2.24, 2.45) is 0 Å². The second-order valence-electron chi connectivity index (χ2n) is 4.90. The number of aliphatic hydroxyl groups is 1. The lowest BCUT2D eigenvalue weighted by Crippen LogP contribution is -2.31. The number of anilines is 1. The van der Waals surface area contributed by atoms with E-state index in [0.29, 0.717) is 5.69 Å². The SMILES string of the molecule is COC(=O)C1=C(Nc2ccc(C#N)c(C#N)c2)C(=O)N(CCO)C1. The number of benzene rings is 1. The average Bonchev–Trinajstić information content (AvgIpc) is 2.91. The second kappa shape index (κ2) is 7.27. The predicted molar refractivity (Wildman–Crippen MR) is 82.2 cm³/mol. The molecule has 8 nitrogen and oxygen atoms in total. The standard InChI is InChI=1S/C16H14N4O4/c1-24-16(23)13-9-20(4-5-21)15(22)14(13)19-12-3-2-10(7-17)11(6-12)8-18/h2-3,6,19,21H,4-5,9H2,1H3. The number of nitrogens with zero attached hydrogens (tertiary/aromatic N) is 3. The Bertz CT molecular complexity index is 801. The van der Waals surface area contributed by atoms with Crippen molar-refractivity contribution in [3.05, 3.63) is 40.6 Å². The van der Waals surface area contributed by atoms with Crippen LogP contribution in [0.2, 0.25) is 0 Å². The van der Waals surface area contributed by atoms with Gasteiger partial charge in [0.2, 0.25) is 0 Å². The lowest BCUT2D eigenvalue weighted by molar-refractivity contribution is -0.136. The highest BCUT2D eigenvalue weighted by atomic mass is 16.5. The summed E-state index contributed by atoms with van der Waals surface area (Å²) < 4.78 is 4.68. The summed E-state index contributed by atoms with van der Waals surface area (Å²) in [6.45, 7) is -0.125. The first kappa shape index (κ1) is 17.0. The van der Waals surface area contributed by atoms with Gasteiger partial charge in [0.05, 0.1) is 37.0 Å². The number of methoxy groups -OCH3 is 1. The maximum atomic E-state index is 12.4. The normalized spacial score (nSPS) is 13.5. The fraction of sp³-hybridized carbons (Fsp3) is 0.250. The fourth-order valence-electron chi connectivity index (χ4n) is 2.31. The van der Waals surface area contributed by atoms with Gasteiger partial charge in [0.1, 0.15) is 17.8 Å². The van der Waals surface area contributed by atoms with Gasteiger partial charge in [-0.15, -0.1) is 0 Å². The van der Waals surface area contributed by atoms with E-state index < -0.39 is 11.9 Å². The van der Waals surface area contributed by atoms with E-state index in [-0.39, 0.29) is 42.1 Å². The number of amides is 1. The van der Waals surface area contributed by atoms with Crippen LogP contribution in [0.5, 0.6) is 0 Å². The van der Waals surface area contributed by atoms with Crippen LogP contribution in [0.4, 0.5) is 5.69 Å². The van der Waals surface area contributed by atoms with Crippen LogP contribution in [-0.4, -0.2) is 48.7 Å². The summed E-state index contributed by atoms with van der Waals surface area (Å²) in [5, 5.41) is 29.8. The molecule has 0 aliphatic carbocycles. The number of nitriles is 2. The number of β-amino-alcohol motifs (C(OH)–C–C–N with tert-alkyl or cyclic N) is 1. The first-order chi connectivity index (χ1) is 11.5. The maximum Gasteiger partial charge on any atom is 0.337 e. The number of carbonyl (C=O) groups is 2. The van der Waals surface area contributed by atoms with Crippen LogP contribution in [-0.2, 0) is 14.3 Å². The van der Waals surface area contributed by atoms with Crippen molar-refractivity contribution >= 4 is 17.6 Å². The minimum Gasteiger partial charge on any atom is -0.466 e. The van der Waals surface area contributed by atoms with Crippen LogP contribution >= 0.6 is 0 Å². The topological polar surface area (TPSA) is 126 Å². The Morgan fingerprint density at radius 3 is 2.67 bits per heavy atom. The van der Waals surface area contributed by atoms with Crippen LogP contribution in [0.25, 0.3) is 0 Å². The van der Waals surface area contributed by atoms with Gasteiger partial charge in [0, 0.05) is 12.2 Å². The molecule has 1 aromatic rings. The molecule has 0 spiro atoms. The zero-order valence-corrected chi connectivity index (χ0v) is 12.9. The maximum absolute atomic E-state index is 12.4. The second-order valence-corrected chi connectivity index (χ2v) is 4.90. The van der Waals surface area contributed by atoms with E-state index in [1.54, 1.807) is 0 Å². The number of carbonyl (C=O) groups excluding carboxylic acids is 2. The van der Waals surface area contributed by atoms with E-state index in [4.69, 9.17) is 15.6 Å². The third kappa shape index (κ3) is 3.19. The van der Waals surface area contributed by atoms with Gasteiger partial charge in [-0.1, -0.05) is 0 Å². The molecule has 0 aromatic heterocycles. The molecule has 1 aliphatic heterocycles. The summed E-state index contributed by atoms with van der Waals surface area (Å²) in [6, 6.07) is 8.19. The molecular formula is C16H14N4O4. The number of rotatable bonds is 5. The van der Waals surface area contributed by atoms with Crippen LogP contribution < -0.4 is 5.32 Å². The molecule has 2 N–H and O–H groups in total. The van der Waals surface area contributed by atoms with Gasteiger partial charge < -0.3 is 20.1 Å². The molecule has 1 amide bonds. The molecule has 0 radical (unpaired) electrons. The Labute approximate surface area is 138 Å². The highest BCUT2D eigenvalue weighted by Gasteiger charge is 2.34. The zero-order chi connectivity index (χ0) is 17.7. The molecule has 8 heteroatoms. The molecular weight excluding hydrogens is 312 g/mol. The van der Waals surface area contributed by atoms with Crippen LogP contribution in [0, 0.1) is 22.7 Å². The number of ether oxygens (including phenoxy) is 1. The van der Waals surface area contributed by atoms with E-state index in [1.807, 2.05) is 12.1 Å². The first-order valence-electron chi connectivity index (χ1n) is 6.98. The Morgan fingerprint density at radius 1 is 1.38 bits per heavy atom. The quantitative estimate of drug-likeness (QED) is 0.735. The van der Waals surface area contributed by atoms with Crippen LogP contribution in [0.1, 0.15) is 11.1 Å². The Hall–Kier alpha value is -3.36. The first-order valence-corrected chi connectivity index (χ1v) is 6.98. The number of aliphatic hydroxyl groups excluding tert-OH is 1. The molecule has 122 valence electrons. The van der Waals surface area contributed by atoms with Gasteiger partial charge in [0.15, 0.2) is 0 Å². The summed E-state index contributed by atoms with van der Waals surface area (Å²) in [6.07, 6.45) is 0. The summed E-state index contributed by atoms with van der Waals surface area (Å²) in [4.78, 5) is 25.6. The van der Waals surface area contributed by atoms with E-state index in [1.165, 1.54) is 30.2 Å². The fourth-order valence-corrected chi connectivity index (χ4v) is 2.31. The molecule has 0 saturated heterocycles. The predicted octanol–water partition coefficient (Wildman–Crippen LogP) is 0.103. The minimum atomic E-state index is -0.652. The van der Waals surface area contributed by atoms with Crippen molar-refractivity contribution in [3.8, 4) is 12.1 Å². The largest absolute Gasteiger partial charge is 0.466 e. The van der Waals surface area contributed by atoms with Crippen molar-refractivity contribution in [2.45, 2.75) is 0 Å². The van der Waals surface area contributed by atoms with Gasteiger partial charge in [0.25, 0.3) is 5.91 Å². The summed E-state index contributed by atoms with van der Waals surface area (Å²) >= 11 is 0. The molecule has 0 atom stereocenters. The highest BCUT2D eigenvalue weighted by Crippen LogP contribution is 2.24. The zero-order valence-electron chi connectivity index (χ0n) is 12.9. The molecule has 0 unspecified atom stereocenters. The molecule has 0 bridgehead atoms. The van der Waals surface area contributed by atoms with Crippen molar-refractivity contribution in [2.75, 3.05) is 32.1 Å². The molecule has 2 rings (SSSR count). The lowest BCUT2D eigenvalue weighted by atomic mass is 10.1. The van der Waals surface area contributed by atoms with Crippen LogP contribution in [0.15, 0.2) is 29.5 Å². The minimum absolute atomic E-state index is 0.0236. The lowest BCUT2D eigenvalue weighted by Gasteiger charge is -2.15. The van der Waals surface area contributed by atoms with Gasteiger partial charge in [-0.3, -0.25) is 4.79 Å². The molecule has 1 aliphatic rings.